The largest absolute Gasteiger partial charge is 0.346 e. The third-order valence-electron chi connectivity index (χ3n) is 6.01. The maximum atomic E-state index is 13.3. The van der Waals surface area contributed by atoms with Crippen LogP contribution in [0.4, 0.5) is 14.5 Å². The Labute approximate surface area is 208 Å². The second-order valence-corrected chi connectivity index (χ2v) is 9.14. The fourth-order valence-electron chi connectivity index (χ4n) is 4.31. The minimum atomic E-state index is -2.73. The fraction of sp³-hybridized carbons (Fsp3) is 0.154. The number of halogens is 2. The monoisotopic (exact) mass is 506 g/mol. The summed E-state index contributed by atoms with van der Waals surface area (Å²) in [6.07, 6.45) is -2.73. The summed E-state index contributed by atoms with van der Waals surface area (Å²) >= 11 is 1.18. The Morgan fingerprint density at radius 3 is 2.61 bits per heavy atom. The number of carbonyl (C=O) groups is 3. The fourth-order valence-corrected chi connectivity index (χ4v) is 5.09. The average Bonchev–Trinajstić information content (AvgIpc) is 3.44. The highest BCUT2D eigenvalue weighted by Gasteiger charge is 2.35. The Morgan fingerprint density at radius 1 is 1.08 bits per heavy atom. The molecule has 0 saturated heterocycles. The molecule has 3 N–H and O–H groups in total. The topological polar surface area (TPSA) is 100 Å². The Morgan fingerprint density at radius 2 is 1.83 bits per heavy atom. The van der Waals surface area contributed by atoms with Crippen LogP contribution in [-0.4, -0.2) is 35.1 Å². The van der Waals surface area contributed by atoms with Crippen molar-refractivity contribution in [3.63, 3.8) is 0 Å². The summed E-state index contributed by atoms with van der Waals surface area (Å²) in [7, 11) is 0. The summed E-state index contributed by atoms with van der Waals surface area (Å²) in [4.78, 5) is 38.9. The maximum Gasteiger partial charge on any atom is 0.276 e. The maximum absolute atomic E-state index is 13.3. The van der Waals surface area contributed by atoms with Crippen molar-refractivity contribution in [2.75, 3.05) is 11.9 Å². The molecule has 1 atom stereocenters. The van der Waals surface area contributed by atoms with Crippen molar-refractivity contribution in [1.82, 2.24) is 15.0 Å². The number of hydrogen-bond donors (Lipinski definition) is 3. The lowest BCUT2D eigenvalue weighted by Gasteiger charge is -2.19. The van der Waals surface area contributed by atoms with E-state index in [-0.39, 0.29) is 22.5 Å². The van der Waals surface area contributed by atoms with Gasteiger partial charge < -0.3 is 16.0 Å². The lowest BCUT2D eigenvalue weighted by Crippen LogP contribution is -2.29. The second-order valence-electron chi connectivity index (χ2n) is 8.33. The molecule has 1 aromatic heterocycles. The normalized spacial score (nSPS) is 14.6. The van der Waals surface area contributed by atoms with Crippen LogP contribution in [0, 0.1) is 6.92 Å². The van der Waals surface area contributed by atoms with Crippen LogP contribution < -0.4 is 16.0 Å². The van der Waals surface area contributed by atoms with Gasteiger partial charge in [0.05, 0.1) is 17.3 Å². The van der Waals surface area contributed by atoms with E-state index in [2.05, 4.69) is 20.3 Å². The molecule has 0 fully saturated rings. The number of fused-ring (bicyclic) bond motifs is 2. The molecule has 7 nitrogen and oxygen atoms in total. The van der Waals surface area contributed by atoms with Crippen molar-refractivity contribution >= 4 is 45.0 Å². The first-order valence-electron chi connectivity index (χ1n) is 11.1. The highest BCUT2D eigenvalue weighted by Crippen LogP contribution is 2.39. The Bertz CT molecular complexity index is 1520. The number of nitrogens with one attached hydrogen (secondary N) is 3. The number of amides is 3. The lowest BCUT2D eigenvalue weighted by molar-refractivity contribution is 0.0891. The molecule has 2 heterocycles. The van der Waals surface area contributed by atoms with Gasteiger partial charge in [0.2, 0.25) is 0 Å². The van der Waals surface area contributed by atoms with Gasteiger partial charge in [-0.25, -0.2) is 8.78 Å². The van der Waals surface area contributed by atoms with E-state index in [1.165, 1.54) is 23.7 Å². The van der Waals surface area contributed by atoms with Gasteiger partial charge in [-0.3, -0.25) is 14.4 Å². The molecule has 1 unspecified atom stereocenters. The first-order chi connectivity index (χ1) is 17.3. The van der Waals surface area contributed by atoms with E-state index in [4.69, 9.17) is 0 Å². The van der Waals surface area contributed by atoms with Crippen LogP contribution in [0.2, 0.25) is 0 Å². The summed E-state index contributed by atoms with van der Waals surface area (Å²) in [5.74, 6) is -1.72. The van der Waals surface area contributed by atoms with E-state index in [1.807, 2.05) is 43.3 Å². The summed E-state index contributed by atoms with van der Waals surface area (Å²) in [5.41, 5.74) is 2.85. The van der Waals surface area contributed by atoms with Crippen LogP contribution in [0.1, 0.15) is 53.9 Å². The molecule has 3 amide bonds. The zero-order valence-corrected chi connectivity index (χ0v) is 19.8. The van der Waals surface area contributed by atoms with Gasteiger partial charge in [0.1, 0.15) is 5.69 Å². The molecule has 36 heavy (non-hydrogen) atoms. The summed E-state index contributed by atoms with van der Waals surface area (Å²) < 4.78 is 30.4. The third-order valence-corrected chi connectivity index (χ3v) is 6.83. The quantitative estimate of drug-likeness (QED) is 0.353. The van der Waals surface area contributed by atoms with Crippen molar-refractivity contribution in [3.05, 3.63) is 94.2 Å². The van der Waals surface area contributed by atoms with Gasteiger partial charge in [-0.15, -0.1) is 0 Å². The number of alkyl halides is 2. The molecular formula is C26H20F2N4O3S. The SMILES string of the molecule is Cc1ccccc1C1NC(=O)c2cc(C(=O)NCC(F)F)cc(NC(=O)c3nsc4ccccc34)c21. The Kier molecular flexibility index (Phi) is 6.19. The predicted octanol–water partition coefficient (Wildman–Crippen LogP) is 4.68. The van der Waals surface area contributed by atoms with E-state index >= 15 is 0 Å². The van der Waals surface area contributed by atoms with E-state index in [0.717, 1.165) is 15.8 Å². The molecule has 1 aliphatic rings. The molecule has 3 aromatic carbocycles. The minimum absolute atomic E-state index is 0.0200. The number of hydrogen-bond acceptors (Lipinski definition) is 5. The van der Waals surface area contributed by atoms with Gasteiger partial charge in [-0.05, 0) is 47.8 Å². The summed E-state index contributed by atoms with van der Waals surface area (Å²) in [6, 6.07) is 17.0. The third kappa shape index (κ3) is 4.31. The zero-order chi connectivity index (χ0) is 25.4. The molecule has 0 saturated carbocycles. The van der Waals surface area contributed by atoms with E-state index in [0.29, 0.717) is 10.9 Å². The number of anilines is 1. The van der Waals surface area contributed by atoms with Gasteiger partial charge in [-0.1, -0.05) is 42.5 Å². The smallest absolute Gasteiger partial charge is 0.276 e. The van der Waals surface area contributed by atoms with Gasteiger partial charge in [0.15, 0.2) is 0 Å². The van der Waals surface area contributed by atoms with Crippen molar-refractivity contribution in [2.24, 2.45) is 0 Å². The van der Waals surface area contributed by atoms with Crippen LogP contribution in [0.25, 0.3) is 10.1 Å². The second kappa shape index (κ2) is 9.46. The zero-order valence-electron chi connectivity index (χ0n) is 19.0. The molecule has 0 aliphatic carbocycles. The van der Waals surface area contributed by atoms with Gasteiger partial charge >= 0.3 is 0 Å². The molecule has 182 valence electrons. The molecule has 10 heteroatoms. The van der Waals surface area contributed by atoms with Gasteiger partial charge in [-0.2, -0.15) is 4.37 Å². The number of benzene rings is 3. The summed E-state index contributed by atoms with van der Waals surface area (Å²) in [6.45, 7) is 1.08. The molecule has 0 spiro atoms. The minimum Gasteiger partial charge on any atom is -0.346 e. The van der Waals surface area contributed by atoms with Crippen LogP contribution in [0.15, 0.2) is 60.7 Å². The van der Waals surface area contributed by atoms with Crippen LogP contribution in [0.3, 0.4) is 0 Å². The summed E-state index contributed by atoms with van der Waals surface area (Å²) in [5, 5.41) is 8.55. The first-order valence-corrected chi connectivity index (χ1v) is 11.9. The average molecular weight is 507 g/mol. The molecule has 4 aromatic rings. The van der Waals surface area contributed by atoms with Gasteiger partial charge in [0.25, 0.3) is 24.1 Å². The van der Waals surface area contributed by atoms with Crippen LogP contribution in [-0.2, 0) is 0 Å². The van der Waals surface area contributed by atoms with E-state index in [1.54, 1.807) is 12.1 Å². The number of nitrogens with zero attached hydrogens (tertiary/aromatic N) is 1. The molecule has 1 aliphatic heterocycles. The van der Waals surface area contributed by atoms with Crippen LogP contribution >= 0.6 is 11.5 Å². The highest BCUT2D eigenvalue weighted by atomic mass is 32.1. The molecule has 5 rings (SSSR count). The Hall–Kier alpha value is -4.18. The highest BCUT2D eigenvalue weighted by molar-refractivity contribution is 7.13. The van der Waals surface area contributed by atoms with Crippen LogP contribution in [0.5, 0.6) is 0 Å². The van der Waals surface area contributed by atoms with Crippen molar-refractivity contribution in [3.8, 4) is 0 Å². The Balaban J connectivity index is 1.60. The van der Waals surface area contributed by atoms with Gasteiger partial charge in [0, 0.05) is 27.8 Å². The number of aromatic nitrogens is 1. The standard InChI is InChI=1S/C26H20F2N4O3S/c1-13-6-2-3-7-15(13)22-21-17(25(34)31-22)10-14(24(33)29-12-20(27)28)11-18(21)30-26(35)23-16-8-4-5-9-19(16)36-32-23/h2-11,20,22H,12H2,1H3,(H,29,33)(H,30,35)(H,31,34). The molecule has 0 bridgehead atoms. The predicted molar refractivity (Wildman–Crippen MR) is 133 cm³/mol. The van der Waals surface area contributed by atoms with Crippen molar-refractivity contribution < 1.29 is 23.2 Å². The number of aryl methyl sites for hydroxylation is 1. The van der Waals surface area contributed by atoms with E-state index < -0.39 is 36.7 Å². The lowest BCUT2D eigenvalue weighted by atomic mass is 9.92. The first kappa shape index (κ1) is 23.6. The number of rotatable bonds is 6. The molecular weight excluding hydrogens is 486 g/mol. The number of carbonyl (C=O) groups excluding carboxylic acids is 3. The van der Waals surface area contributed by atoms with Crippen molar-refractivity contribution in [1.29, 1.82) is 0 Å². The van der Waals surface area contributed by atoms with Crippen molar-refractivity contribution in [2.45, 2.75) is 19.4 Å². The van der Waals surface area contributed by atoms with E-state index in [9.17, 15) is 23.2 Å². The molecule has 0 radical (unpaired) electrons.